The van der Waals surface area contributed by atoms with Gasteiger partial charge in [0.05, 0.1) is 26.4 Å². The number of likely N-dealkylation sites (tertiary alicyclic amines) is 2. The third-order valence-corrected chi connectivity index (χ3v) is 5.26. The minimum Gasteiger partial charge on any atom is -0.382 e. The van der Waals surface area contributed by atoms with Crippen LogP contribution in [0.2, 0.25) is 0 Å². The summed E-state index contributed by atoms with van der Waals surface area (Å²) in [6.07, 6.45) is 3.85. The number of rotatable bonds is 9. The Hall–Kier alpha value is -0.120. The van der Waals surface area contributed by atoms with Gasteiger partial charge in [0.2, 0.25) is 0 Å². The highest BCUT2D eigenvalue weighted by atomic mass is 127. The van der Waals surface area contributed by atoms with Gasteiger partial charge in [-0.25, -0.2) is 0 Å². The van der Waals surface area contributed by atoms with Gasteiger partial charge in [-0.15, -0.1) is 24.0 Å². The molecule has 1 atom stereocenters. The molecule has 2 rings (SSSR count). The van der Waals surface area contributed by atoms with E-state index in [1.54, 1.807) is 7.11 Å². The van der Waals surface area contributed by atoms with E-state index in [-0.39, 0.29) is 24.0 Å². The molecule has 2 fully saturated rings. The average molecular weight is 482 g/mol. The normalized spacial score (nSPS) is 22.5. The van der Waals surface area contributed by atoms with E-state index in [9.17, 15) is 0 Å². The number of piperidine rings is 1. The van der Waals surface area contributed by atoms with Crippen molar-refractivity contribution in [2.24, 2.45) is 16.8 Å². The molecule has 2 aliphatic heterocycles. The fraction of sp³-hybridized carbons (Fsp3) is 0.947. The van der Waals surface area contributed by atoms with Crippen LogP contribution in [0.1, 0.15) is 33.1 Å². The molecule has 2 saturated heterocycles. The first kappa shape index (κ1) is 23.9. The molecule has 2 heterocycles. The molecule has 1 N–H and O–H groups in total. The number of hydrogen-bond acceptors (Lipinski definition) is 4. The Morgan fingerprint density at radius 1 is 1.15 bits per heavy atom. The summed E-state index contributed by atoms with van der Waals surface area (Å²) in [4.78, 5) is 9.84. The number of methoxy groups -OCH3 is 1. The lowest BCUT2D eigenvalue weighted by Gasteiger charge is -2.29. The first-order chi connectivity index (χ1) is 12.2. The van der Waals surface area contributed by atoms with Crippen LogP contribution >= 0.6 is 24.0 Å². The van der Waals surface area contributed by atoms with Gasteiger partial charge in [-0.3, -0.25) is 4.99 Å². The summed E-state index contributed by atoms with van der Waals surface area (Å²) in [5.41, 5.74) is 0. The van der Waals surface area contributed by atoms with Gasteiger partial charge in [-0.2, -0.15) is 0 Å². The highest BCUT2D eigenvalue weighted by molar-refractivity contribution is 14.0. The number of hydrogen-bond donors (Lipinski definition) is 1. The minimum atomic E-state index is 0. The van der Waals surface area contributed by atoms with Crippen molar-refractivity contribution < 1.29 is 9.47 Å². The Bertz CT molecular complexity index is 390. The lowest BCUT2D eigenvalue weighted by molar-refractivity contribution is 0.0536. The fourth-order valence-corrected chi connectivity index (χ4v) is 3.56. The van der Waals surface area contributed by atoms with Crippen LogP contribution in [-0.4, -0.2) is 88.5 Å². The zero-order chi connectivity index (χ0) is 17.9. The van der Waals surface area contributed by atoms with Gasteiger partial charge in [0.25, 0.3) is 0 Å². The SMILES string of the molecule is CCNC(=NCCN1CCC(C)CC1)N1CCC(COCCOC)C1.I. The zero-order valence-electron chi connectivity index (χ0n) is 16.9. The van der Waals surface area contributed by atoms with Gasteiger partial charge in [0.15, 0.2) is 5.96 Å². The summed E-state index contributed by atoms with van der Waals surface area (Å²) in [5, 5.41) is 3.46. The highest BCUT2D eigenvalue weighted by Crippen LogP contribution is 2.17. The molecule has 0 radical (unpaired) electrons. The van der Waals surface area contributed by atoms with Gasteiger partial charge in [-0.1, -0.05) is 6.92 Å². The molecule has 0 aliphatic carbocycles. The van der Waals surface area contributed by atoms with Crippen LogP contribution in [0.4, 0.5) is 0 Å². The second-order valence-electron chi connectivity index (χ2n) is 7.43. The fourth-order valence-electron chi connectivity index (χ4n) is 3.56. The van der Waals surface area contributed by atoms with Gasteiger partial charge in [0.1, 0.15) is 0 Å². The molecule has 0 amide bonds. The molecule has 0 aromatic heterocycles. The summed E-state index contributed by atoms with van der Waals surface area (Å²) < 4.78 is 10.7. The van der Waals surface area contributed by atoms with Crippen molar-refractivity contribution in [3.8, 4) is 0 Å². The third-order valence-electron chi connectivity index (χ3n) is 5.26. The number of ether oxygens (including phenoxy) is 2. The van der Waals surface area contributed by atoms with E-state index in [1.807, 2.05) is 0 Å². The molecule has 1 unspecified atom stereocenters. The van der Waals surface area contributed by atoms with Crippen LogP contribution in [0.25, 0.3) is 0 Å². The van der Waals surface area contributed by atoms with E-state index in [0.717, 1.165) is 51.2 Å². The molecule has 2 aliphatic rings. The van der Waals surface area contributed by atoms with Gasteiger partial charge >= 0.3 is 0 Å². The van der Waals surface area contributed by atoms with Crippen LogP contribution < -0.4 is 5.32 Å². The van der Waals surface area contributed by atoms with E-state index < -0.39 is 0 Å². The van der Waals surface area contributed by atoms with Crippen molar-refractivity contribution in [3.05, 3.63) is 0 Å². The van der Waals surface area contributed by atoms with Gasteiger partial charge in [-0.05, 0) is 45.2 Å². The van der Waals surface area contributed by atoms with E-state index in [1.165, 1.54) is 32.4 Å². The Labute approximate surface area is 177 Å². The first-order valence-corrected chi connectivity index (χ1v) is 10.0. The Morgan fingerprint density at radius 2 is 1.92 bits per heavy atom. The van der Waals surface area contributed by atoms with Crippen molar-refractivity contribution in [2.45, 2.75) is 33.1 Å². The van der Waals surface area contributed by atoms with E-state index >= 15 is 0 Å². The lowest BCUT2D eigenvalue weighted by Crippen LogP contribution is -2.41. The quantitative estimate of drug-likeness (QED) is 0.237. The topological polar surface area (TPSA) is 49.3 Å². The molecule has 154 valence electrons. The first-order valence-electron chi connectivity index (χ1n) is 10.0. The zero-order valence-corrected chi connectivity index (χ0v) is 19.2. The van der Waals surface area contributed by atoms with E-state index in [0.29, 0.717) is 19.1 Å². The standard InChI is InChI=1S/C19H38N4O2.HI/c1-4-20-19(21-8-12-22-9-5-17(2)6-10-22)23-11-7-18(15-23)16-25-14-13-24-3;/h17-18H,4-16H2,1-3H3,(H,20,21);1H. The van der Waals surface area contributed by atoms with Crippen molar-refractivity contribution in [2.75, 3.05) is 72.7 Å². The molecule has 0 spiro atoms. The molecule has 26 heavy (non-hydrogen) atoms. The Balaban J connectivity index is 0.00000338. The summed E-state index contributed by atoms with van der Waals surface area (Å²) in [5.74, 6) is 2.57. The maximum Gasteiger partial charge on any atom is 0.193 e. The van der Waals surface area contributed by atoms with Crippen LogP contribution in [0.5, 0.6) is 0 Å². The van der Waals surface area contributed by atoms with E-state index in [2.05, 4.69) is 29.0 Å². The smallest absolute Gasteiger partial charge is 0.193 e. The monoisotopic (exact) mass is 482 g/mol. The van der Waals surface area contributed by atoms with Crippen molar-refractivity contribution in [1.29, 1.82) is 0 Å². The second kappa shape index (κ2) is 14.0. The number of guanidine groups is 1. The highest BCUT2D eigenvalue weighted by Gasteiger charge is 2.25. The number of nitrogens with zero attached hydrogens (tertiary/aromatic N) is 3. The van der Waals surface area contributed by atoms with Gasteiger partial charge < -0.3 is 24.6 Å². The number of aliphatic imine (C=N–C) groups is 1. The minimum absolute atomic E-state index is 0. The molecule has 0 bridgehead atoms. The molecular formula is C19H39IN4O2. The Kier molecular flexibility index (Phi) is 12.8. The van der Waals surface area contributed by atoms with Gasteiger partial charge in [0, 0.05) is 39.2 Å². The third kappa shape index (κ3) is 8.71. The maximum atomic E-state index is 5.70. The second-order valence-corrected chi connectivity index (χ2v) is 7.43. The molecule has 0 aromatic rings. The molecule has 0 saturated carbocycles. The van der Waals surface area contributed by atoms with Crippen LogP contribution in [0, 0.1) is 11.8 Å². The maximum absolute atomic E-state index is 5.70. The number of halogens is 1. The summed E-state index contributed by atoms with van der Waals surface area (Å²) >= 11 is 0. The molecule has 7 heteroatoms. The van der Waals surface area contributed by atoms with Crippen LogP contribution in [-0.2, 0) is 9.47 Å². The predicted octanol–water partition coefficient (Wildman–Crippen LogP) is 2.29. The van der Waals surface area contributed by atoms with Crippen LogP contribution in [0.15, 0.2) is 4.99 Å². The summed E-state index contributed by atoms with van der Waals surface area (Å²) in [6.45, 7) is 14.2. The predicted molar refractivity (Wildman–Crippen MR) is 119 cm³/mol. The lowest BCUT2D eigenvalue weighted by atomic mass is 9.99. The summed E-state index contributed by atoms with van der Waals surface area (Å²) in [7, 11) is 1.71. The molecule has 6 nitrogen and oxygen atoms in total. The largest absolute Gasteiger partial charge is 0.382 e. The van der Waals surface area contributed by atoms with Crippen molar-refractivity contribution in [1.82, 2.24) is 15.1 Å². The molecular weight excluding hydrogens is 443 g/mol. The number of nitrogens with one attached hydrogen (secondary N) is 1. The van der Waals surface area contributed by atoms with Crippen LogP contribution in [0.3, 0.4) is 0 Å². The molecule has 0 aromatic carbocycles. The van der Waals surface area contributed by atoms with Crippen molar-refractivity contribution in [3.63, 3.8) is 0 Å². The summed E-state index contributed by atoms with van der Waals surface area (Å²) in [6, 6.07) is 0. The average Bonchev–Trinajstić information content (AvgIpc) is 3.08. The Morgan fingerprint density at radius 3 is 2.62 bits per heavy atom. The van der Waals surface area contributed by atoms with E-state index in [4.69, 9.17) is 14.5 Å². The van der Waals surface area contributed by atoms with Crippen molar-refractivity contribution >= 4 is 29.9 Å².